The van der Waals surface area contributed by atoms with Crippen molar-refractivity contribution in [1.82, 2.24) is 25.2 Å². The van der Waals surface area contributed by atoms with Gasteiger partial charge in [-0.3, -0.25) is 9.59 Å². The number of hydrogen-bond donors (Lipinski definition) is 2. The highest BCUT2D eigenvalue weighted by molar-refractivity contribution is 7.09. The van der Waals surface area contributed by atoms with Crippen LogP contribution in [0.2, 0.25) is 0 Å². The number of carbonyl (C=O) groups is 2. The number of thiazole rings is 1. The van der Waals surface area contributed by atoms with E-state index in [1.165, 1.54) is 34.4 Å². The minimum Gasteiger partial charge on any atom is -0.343 e. The van der Waals surface area contributed by atoms with Gasteiger partial charge in [0.25, 0.3) is 11.8 Å². The van der Waals surface area contributed by atoms with Crippen molar-refractivity contribution in [2.45, 2.75) is 31.5 Å². The number of nitrogens with one attached hydrogen (secondary N) is 2. The second-order valence-corrected chi connectivity index (χ2v) is 9.45. The average Bonchev–Trinajstić information content (AvgIpc) is 3.54. The summed E-state index contributed by atoms with van der Waals surface area (Å²) in [5, 5.41) is 5.30. The number of piperidine rings is 1. The summed E-state index contributed by atoms with van der Waals surface area (Å²) >= 11 is 1.37. The van der Waals surface area contributed by atoms with Gasteiger partial charge in [-0.25, -0.2) is 9.97 Å². The molecule has 5 rings (SSSR count). The number of halogens is 3. The van der Waals surface area contributed by atoms with Crippen molar-refractivity contribution in [2.24, 2.45) is 0 Å². The van der Waals surface area contributed by atoms with Gasteiger partial charge in [0.15, 0.2) is 0 Å². The molecular formula is C25H22F3N5O2S. The molecule has 2 aromatic heterocycles. The van der Waals surface area contributed by atoms with Crippen molar-refractivity contribution in [3.8, 4) is 0 Å². The van der Waals surface area contributed by atoms with Gasteiger partial charge in [0.2, 0.25) is 0 Å². The maximum absolute atomic E-state index is 13.3. The molecule has 7 nitrogen and oxygen atoms in total. The molecule has 1 aliphatic rings. The predicted molar refractivity (Wildman–Crippen MR) is 129 cm³/mol. The lowest BCUT2D eigenvalue weighted by atomic mass is 9.96. The van der Waals surface area contributed by atoms with Gasteiger partial charge >= 0.3 is 6.18 Å². The van der Waals surface area contributed by atoms with E-state index in [1.54, 1.807) is 5.38 Å². The number of hydrogen-bond acceptors (Lipinski definition) is 5. The van der Waals surface area contributed by atoms with Gasteiger partial charge < -0.3 is 15.2 Å². The number of benzene rings is 2. The Bertz CT molecular complexity index is 1370. The number of amides is 2. The highest BCUT2D eigenvalue weighted by Crippen LogP contribution is 2.34. The molecule has 2 amide bonds. The largest absolute Gasteiger partial charge is 0.417 e. The van der Waals surface area contributed by atoms with Crippen molar-refractivity contribution >= 4 is 34.2 Å². The molecule has 1 fully saturated rings. The van der Waals surface area contributed by atoms with Gasteiger partial charge in [0.1, 0.15) is 11.5 Å². The van der Waals surface area contributed by atoms with Crippen molar-refractivity contribution < 1.29 is 22.8 Å². The number of alkyl halides is 3. The third-order valence-electron chi connectivity index (χ3n) is 6.20. The molecule has 4 aromatic rings. The second kappa shape index (κ2) is 9.73. The van der Waals surface area contributed by atoms with E-state index in [0.717, 1.165) is 22.1 Å². The molecule has 2 N–H and O–H groups in total. The molecule has 1 saturated heterocycles. The van der Waals surface area contributed by atoms with Gasteiger partial charge in [0.05, 0.1) is 33.7 Å². The molecule has 0 aliphatic carbocycles. The number of nitrogens with zero attached hydrogens (tertiary/aromatic N) is 3. The van der Waals surface area contributed by atoms with Crippen LogP contribution in [0.15, 0.2) is 53.9 Å². The lowest BCUT2D eigenvalue weighted by molar-refractivity contribution is -0.138. The summed E-state index contributed by atoms with van der Waals surface area (Å²) in [6.07, 6.45) is -3.46. The Morgan fingerprint density at radius 2 is 1.78 bits per heavy atom. The minimum atomic E-state index is -4.59. The summed E-state index contributed by atoms with van der Waals surface area (Å²) in [5.41, 5.74) is 0.772. The second-order valence-electron chi connectivity index (χ2n) is 8.56. The van der Waals surface area contributed by atoms with E-state index in [1.807, 2.05) is 24.3 Å². The first-order valence-corrected chi connectivity index (χ1v) is 12.3. The van der Waals surface area contributed by atoms with Gasteiger partial charge in [-0.05, 0) is 37.1 Å². The smallest absolute Gasteiger partial charge is 0.343 e. The lowest BCUT2D eigenvalue weighted by Crippen LogP contribution is -2.38. The molecule has 1 aliphatic heterocycles. The first-order chi connectivity index (χ1) is 17.3. The molecule has 11 heteroatoms. The van der Waals surface area contributed by atoms with Crippen molar-refractivity contribution in [3.63, 3.8) is 0 Å². The van der Waals surface area contributed by atoms with Gasteiger partial charge in [0, 0.05) is 24.4 Å². The Morgan fingerprint density at radius 3 is 2.53 bits per heavy atom. The Hall–Kier alpha value is -3.73. The zero-order chi connectivity index (χ0) is 25.3. The van der Waals surface area contributed by atoms with Crippen LogP contribution in [-0.2, 0) is 12.7 Å². The number of fused-ring (bicyclic) bond motifs is 1. The number of para-hydroxylation sites is 2. The Kier molecular flexibility index (Phi) is 6.48. The number of aromatic amines is 1. The monoisotopic (exact) mass is 513 g/mol. The molecule has 0 spiro atoms. The van der Waals surface area contributed by atoms with Crippen LogP contribution in [-0.4, -0.2) is 44.8 Å². The summed E-state index contributed by atoms with van der Waals surface area (Å²) in [5.74, 6) is -0.251. The third kappa shape index (κ3) is 4.97. The molecule has 186 valence electrons. The SMILES string of the molecule is O=C(NCc1nc2ccccc2[nH]1)c1csc(C2CCN(C(=O)c3ccccc3C(F)(F)F)CC2)n1. The van der Waals surface area contributed by atoms with Crippen molar-refractivity contribution in [1.29, 1.82) is 0 Å². The fraction of sp³-hybridized carbons (Fsp3) is 0.280. The quantitative estimate of drug-likeness (QED) is 0.394. The molecule has 0 radical (unpaired) electrons. The highest BCUT2D eigenvalue weighted by Gasteiger charge is 2.36. The highest BCUT2D eigenvalue weighted by atomic mass is 32.1. The number of carbonyl (C=O) groups excluding carboxylic acids is 2. The van der Waals surface area contributed by atoms with Crippen LogP contribution in [0.5, 0.6) is 0 Å². The van der Waals surface area contributed by atoms with Crippen LogP contribution in [0.4, 0.5) is 13.2 Å². The van der Waals surface area contributed by atoms with Crippen molar-refractivity contribution in [3.05, 3.63) is 81.6 Å². The maximum Gasteiger partial charge on any atom is 0.417 e. The van der Waals surface area contributed by atoms with Crippen LogP contribution < -0.4 is 5.32 Å². The fourth-order valence-electron chi connectivity index (χ4n) is 4.34. The maximum atomic E-state index is 13.3. The van der Waals surface area contributed by atoms with E-state index < -0.39 is 17.6 Å². The number of imidazole rings is 1. The molecule has 0 saturated carbocycles. The van der Waals surface area contributed by atoms with E-state index in [-0.39, 0.29) is 23.9 Å². The molecule has 0 atom stereocenters. The number of rotatable bonds is 5. The third-order valence-corrected chi connectivity index (χ3v) is 7.21. The summed E-state index contributed by atoms with van der Waals surface area (Å²) in [4.78, 5) is 38.9. The zero-order valence-corrected chi connectivity index (χ0v) is 19.8. The minimum absolute atomic E-state index is 0.0360. The average molecular weight is 514 g/mol. The van der Waals surface area contributed by atoms with E-state index >= 15 is 0 Å². The van der Waals surface area contributed by atoms with Gasteiger partial charge in [-0.15, -0.1) is 11.3 Å². The fourth-order valence-corrected chi connectivity index (χ4v) is 5.31. The predicted octanol–water partition coefficient (Wildman–Crippen LogP) is 4.99. The normalized spacial score (nSPS) is 14.8. The molecule has 0 unspecified atom stereocenters. The Morgan fingerprint density at radius 1 is 1.06 bits per heavy atom. The van der Waals surface area contributed by atoms with Crippen LogP contribution in [0.3, 0.4) is 0 Å². The summed E-state index contributed by atoms with van der Waals surface area (Å²) < 4.78 is 39.9. The number of likely N-dealkylation sites (tertiary alicyclic amines) is 1. The first-order valence-electron chi connectivity index (χ1n) is 11.4. The molecule has 3 heterocycles. The molecular weight excluding hydrogens is 491 g/mol. The zero-order valence-electron chi connectivity index (χ0n) is 19.0. The molecule has 0 bridgehead atoms. The standard InChI is InChI=1S/C25H22F3N5O2S/c26-25(27,28)17-6-2-1-5-16(17)24(35)33-11-9-15(10-12-33)23-32-20(14-36-23)22(34)29-13-21-30-18-7-3-4-8-19(18)31-21/h1-8,14-15H,9-13H2,(H,29,34)(H,30,31). The summed E-state index contributed by atoms with van der Waals surface area (Å²) in [6, 6.07) is 12.5. The van der Waals surface area contributed by atoms with E-state index in [9.17, 15) is 22.8 Å². The van der Waals surface area contributed by atoms with Crippen LogP contribution in [0.25, 0.3) is 11.0 Å². The van der Waals surface area contributed by atoms with E-state index in [2.05, 4.69) is 20.3 Å². The lowest BCUT2D eigenvalue weighted by Gasteiger charge is -2.31. The van der Waals surface area contributed by atoms with E-state index in [4.69, 9.17) is 0 Å². The van der Waals surface area contributed by atoms with Crippen LogP contribution >= 0.6 is 11.3 Å². The number of H-pyrrole nitrogens is 1. The van der Waals surface area contributed by atoms with Gasteiger partial charge in [-0.2, -0.15) is 13.2 Å². The van der Waals surface area contributed by atoms with Crippen molar-refractivity contribution in [2.75, 3.05) is 13.1 Å². The summed E-state index contributed by atoms with van der Waals surface area (Å²) in [7, 11) is 0. The van der Waals surface area contributed by atoms with Gasteiger partial charge in [-0.1, -0.05) is 24.3 Å². The first kappa shape index (κ1) is 24.0. The summed E-state index contributed by atoms with van der Waals surface area (Å²) in [6.45, 7) is 0.881. The van der Waals surface area contributed by atoms with Crippen LogP contribution in [0.1, 0.15) is 56.0 Å². The molecule has 2 aromatic carbocycles. The topological polar surface area (TPSA) is 91.0 Å². The number of aromatic nitrogens is 3. The van der Waals surface area contributed by atoms with Crippen LogP contribution in [0, 0.1) is 0 Å². The Balaban J connectivity index is 1.18. The van der Waals surface area contributed by atoms with E-state index in [0.29, 0.717) is 37.4 Å². The molecule has 36 heavy (non-hydrogen) atoms. The Labute approximate surface area is 208 Å².